The zero-order valence-corrected chi connectivity index (χ0v) is 21.7. The van der Waals surface area contributed by atoms with Gasteiger partial charge in [0.05, 0.1) is 30.2 Å². The maximum absolute atomic E-state index is 13.1. The van der Waals surface area contributed by atoms with Gasteiger partial charge in [0, 0.05) is 24.0 Å². The van der Waals surface area contributed by atoms with E-state index < -0.39 is 6.10 Å². The maximum Gasteiger partial charge on any atom is 0.260 e. The summed E-state index contributed by atoms with van der Waals surface area (Å²) >= 11 is 1.49. The van der Waals surface area contributed by atoms with Crippen molar-refractivity contribution in [2.75, 3.05) is 19.7 Å². The minimum Gasteiger partial charge on any atom is -0.389 e. The first-order chi connectivity index (χ1) is 15.4. The Hall–Kier alpha value is -2.06. The normalized spacial score (nSPS) is 13.4. The highest BCUT2D eigenvalue weighted by Crippen LogP contribution is 2.31. The summed E-state index contributed by atoms with van der Waals surface area (Å²) in [6, 6.07) is 6.26. The number of H-pyrrole nitrogens is 1. The number of nitrogens with one attached hydrogen (secondary N) is 1. The maximum atomic E-state index is 13.1. The molecule has 0 aliphatic heterocycles. The smallest absolute Gasteiger partial charge is 0.260 e. The van der Waals surface area contributed by atoms with E-state index in [4.69, 9.17) is 9.72 Å². The molecule has 0 aliphatic rings. The Bertz CT molecular complexity index is 1140. The quantitative estimate of drug-likeness (QED) is 0.464. The number of thiophene rings is 1. The van der Waals surface area contributed by atoms with Gasteiger partial charge in [-0.15, -0.1) is 11.3 Å². The summed E-state index contributed by atoms with van der Waals surface area (Å²) in [6.07, 6.45) is -0.614. The third-order valence-electron chi connectivity index (χ3n) is 5.49. The molecule has 6 nitrogen and oxygen atoms in total. The fourth-order valence-electron chi connectivity index (χ4n) is 3.82. The average Bonchev–Trinajstić information content (AvgIpc) is 3.12. The fourth-order valence-corrected chi connectivity index (χ4v) is 4.79. The minimum atomic E-state index is -0.614. The predicted molar refractivity (Wildman–Crippen MR) is 137 cm³/mol. The summed E-state index contributed by atoms with van der Waals surface area (Å²) in [5.74, 6) is 1.03. The lowest BCUT2D eigenvalue weighted by Crippen LogP contribution is -2.39. The molecule has 0 saturated carbocycles. The summed E-state index contributed by atoms with van der Waals surface area (Å²) < 4.78 is 5.74. The largest absolute Gasteiger partial charge is 0.389 e. The van der Waals surface area contributed by atoms with Crippen LogP contribution in [0.25, 0.3) is 21.3 Å². The molecule has 1 unspecified atom stereocenters. The number of aryl methyl sites for hydroxylation is 2. The molecule has 3 aromatic rings. The Morgan fingerprint density at radius 3 is 2.55 bits per heavy atom. The summed E-state index contributed by atoms with van der Waals surface area (Å²) in [5.41, 5.74) is 3.97. The van der Waals surface area contributed by atoms with Crippen molar-refractivity contribution in [2.24, 2.45) is 5.92 Å². The van der Waals surface area contributed by atoms with Crippen LogP contribution in [0.1, 0.15) is 51.6 Å². The van der Waals surface area contributed by atoms with Gasteiger partial charge in [-0.3, -0.25) is 9.69 Å². The fraction of sp³-hybridized carbons (Fsp3) is 0.538. The molecule has 2 N–H and O–H groups in total. The highest BCUT2D eigenvalue weighted by atomic mass is 32.1. The van der Waals surface area contributed by atoms with Crippen LogP contribution in [0.3, 0.4) is 0 Å². The molecule has 0 fully saturated rings. The Kier molecular flexibility index (Phi) is 8.11. The Morgan fingerprint density at radius 2 is 1.91 bits per heavy atom. The molecule has 2 heterocycles. The third kappa shape index (κ3) is 6.96. The first-order valence-corrected chi connectivity index (χ1v) is 12.4. The van der Waals surface area contributed by atoms with Crippen LogP contribution in [0.5, 0.6) is 0 Å². The number of rotatable bonds is 9. The molecule has 0 radical (unpaired) electrons. The molecule has 1 atom stereocenters. The van der Waals surface area contributed by atoms with Crippen LogP contribution in [-0.2, 0) is 11.3 Å². The number of nitrogens with zero attached hydrogens (tertiary/aromatic N) is 2. The molecule has 3 rings (SSSR count). The minimum absolute atomic E-state index is 0.120. The summed E-state index contributed by atoms with van der Waals surface area (Å²) in [7, 11) is 0. The number of hydrogen-bond donors (Lipinski definition) is 2. The van der Waals surface area contributed by atoms with Crippen molar-refractivity contribution in [1.29, 1.82) is 0 Å². The van der Waals surface area contributed by atoms with Crippen LogP contribution < -0.4 is 5.56 Å². The molecule has 0 bridgehead atoms. The van der Waals surface area contributed by atoms with Crippen LogP contribution in [0.15, 0.2) is 28.4 Å². The first kappa shape index (κ1) is 25.6. The average molecular weight is 472 g/mol. The second-order valence-corrected chi connectivity index (χ2v) is 11.2. The molecule has 33 heavy (non-hydrogen) atoms. The number of hydrogen-bond acceptors (Lipinski definition) is 6. The van der Waals surface area contributed by atoms with Gasteiger partial charge in [0.25, 0.3) is 5.56 Å². The van der Waals surface area contributed by atoms with Crippen molar-refractivity contribution in [3.8, 4) is 11.1 Å². The molecule has 180 valence electrons. The van der Waals surface area contributed by atoms with Gasteiger partial charge < -0.3 is 14.8 Å². The molecular weight excluding hydrogens is 434 g/mol. The number of aromatic amines is 1. The number of aliphatic hydroxyl groups excluding tert-OH is 1. The van der Waals surface area contributed by atoms with Crippen molar-refractivity contribution in [3.63, 3.8) is 0 Å². The van der Waals surface area contributed by atoms with Crippen LogP contribution >= 0.6 is 11.3 Å². The standard InChI is InChI=1S/C26H37N3O3S/c1-16(2)11-29(12-20(30)14-32-26(5,6)7)13-22-27-24(31)23-21(15-33-25(23)28-22)19-9-8-17(3)18(4)10-19/h8-10,15-16,20,30H,11-14H2,1-7H3,(H,27,28,31). The van der Waals surface area contributed by atoms with E-state index in [9.17, 15) is 9.90 Å². The summed E-state index contributed by atoms with van der Waals surface area (Å²) in [4.78, 5) is 23.7. The monoisotopic (exact) mass is 471 g/mol. The van der Waals surface area contributed by atoms with Crippen LogP contribution in [0, 0.1) is 19.8 Å². The SMILES string of the molecule is Cc1ccc(-c2csc3nc(CN(CC(C)C)CC(O)COC(C)(C)C)[nH]c(=O)c23)cc1C. The zero-order chi connectivity index (χ0) is 24.3. The van der Waals surface area contributed by atoms with Gasteiger partial charge >= 0.3 is 0 Å². The van der Waals surface area contributed by atoms with Gasteiger partial charge in [0.15, 0.2) is 0 Å². The van der Waals surface area contributed by atoms with Gasteiger partial charge in [-0.1, -0.05) is 32.0 Å². The van der Waals surface area contributed by atoms with E-state index in [0.717, 1.165) is 22.5 Å². The summed E-state index contributed by atoms with van der Waals surface area (Å²) in [6.45, 7) is 16.3. The van der Waals surface area contributed by atoms with Crippen LogP contribution in [0.2, 0.25) is 0 Å². The topological polar surface area (TPSA) is 78.5 Å². The zero-order valence-electron chi connectivity index (χ0n) is 20.9. The van der Waals surface area contributed by atoms with E-state index in [2.05, 4.69) is 55.8 Å². The molecule has 0 amide bonds. The van der Waals surface area contributed by atoms with Gasteiger partial charge in [0.2, 0.25) is 0 Å². The Morgan fingerprint density at radius 1 is 1.18 bits per heavy atom. The molecule has 0 saturated heterocycles. The molecule has 1 aromatic carbocycles. The van der Waals surface area contributed by atoms with Gasteiger partial charge in [-0.2, -0.15) is 0 Å². The van der Waals surface area contributed by atoms with E-state index in [-0.39, 0.29) is 17.8 Å². The van der Waals surface area contributed by atoms with Crippen molar-refractivity contribution >= 4 is 21.6 Å². The van der Waals surface area contributed by atoms with E-state index in [1.807, 2.05) is 26.2 Å². The van der Waals surface area contributed by atoms with Gasteiger partial charge in [0.1, 0.15) is 10.7 Å². The third-order valence-corrected chi connectivity index (χ3v) is 6.36. The molecule has 7 heteroatoms. The second kappa shape index (κ2) is 10.5. The Balaban J connectivity index is 1.83. The molecule has 0 spiro atoms. The Labute approximate surface area is 200 Å². The van der Waals surface area contributed by atoms with Gasteiger partial charge in [-0.25, -0.2) is 4.98 Å². The van der Waals surface area contributed by atoms with E-state index in [1.165, 1.54) is 22.5 Å². The molecule has 0 aliphatic carbocycles. The van der Waals surface area contributed by atoms with E-state index in [1.54, 1.807) is 0 Å². The number of aromatic nitrogens is 2. The lowest BCUT2D eigenvalue weighted by Gasteiger charge is -2.28. The van der Waals surface area contributed by atoms with Crippen molar-refractivity contribution in [1.82, 2.24) is 14.9 Å². The highest BCUT2D eigenvalue weighted by molar-refractivity contribution is 7.17. The number of benzene rings is 1. The van der Waals surface area contributed by atoms with E-state index in [0.29, 0.717) is 30.2 Å². The predicted octanol–water partition coefficient (Wildman–Crippen LogP) is 4.90. The van der Waals surface area contributed by atoms with E-state index >= 15 is 0 Å². The lowest BCUT2D eigenvalue weighted by atomic mass is 10.0. The van der Waals surface area contributed by atoms with Gasteiger partial charge in [-0.05, 0) is 57.2 Å². The highest BCUT2D eigenvalue weighted by Gasteiger charge is 2.19. The molecule has 2 aromatic heterocycles. The number of aliphatic hydroxyl groups is 1. The molecular formula is C26H37N3O3S. The van der Waals surface area contributed by atoms with Crippen molar-refractivity contribution in [2.45, 2.75) is 66.7 Å². The lowest BCUT2D eigenvalue weighted by molar-refractivity contribution is -0.0574. The number of fused-ring (bicyclic) bond motifs is 1. The summed E-state index contributed by atoms with van der Waals surface area (Å²) in [5, 5.41) is 13.2. The van der Waals surface area contributed by atoms with Crippen molar-refractivity contribution in [3.05, 3.63) is 50.9 Å². The van der Waals surface area contributed by atoms with Crippen LogP contribution in [0.4, 0.5) is 0 Å². The second-order valence-electron chi connectivity index (χ2n) is 10.3. The van der Waals surface area contributed by atoms with Crippen LogP contribution in [-0.4, -0.2) is 51.4 Å². The first-order valence-electron chi connectivity index (χ1n) is 11.6. The van der Waals surface area contributed by atoms with Crippen molar-refractivity contribution < 1.29 is 9.84 Å². The number of ether oxygens (including phenoxy) is 1.